The lowest BCUT2D eigenvalue weighted by Crippen LogP contribution is -2.48. The smallest absolute Gasteiger partial charge is 0.340 e. The molecule has 3 rings (SSSR count). The number of nitrogens with one attached hydrogen (secondary N) is 1. The molecule has 5 heteroatoms. The molecule has 0 aromatic heterocycles. The molecule has 0 bridgehead atoms. The quantitative estimate of drug-likeness (QED) is 0.709. The predicted molar refractivity (Wildman–Crippen MR) is 67.5 cm³/mol. The van der Waals surface area contributed by atoms with Crippen molar-refractivity contribution in [2.24, 2.45) is 4.99 Å². The van der Waals surface area contributed by atoms with E-state index in [1.54, 1.807) is 11.1 Å². The Bertz CT molecular complexity index is 437. The largest absolute Gasteiger partial charge is 0.341 e. The number of hydrogen-bond acceptors (Lipinski definition) is 2. The van der Waals surface area contributed by atoms with Crippen molar-refractivity contribution in [2.75, 3.05) is 13.1 Å². The molecule has 0 aromatic rings. The maximum Gasteiger partial charge on any atom is 0.341 e. The SMILES string of the molecule is O=C1N=CC(C(=O)N2CCC(=C3CCC3)CC2)N1. The minimum Gasteiger partial charge on any atom is -0.340 e. The Hall–Kier alpha value is -1.65. The third kappa shape index (κ3) is 2.05. The lowest BCUT2D eigenvalue weighted by atomic mass is 9.84. The lowest BCUT2D eigenvalue weighted by Gasteiger charge is -2.33. The number of aliphatic imine (C=N–C) groups is 1. The van der Waals surface area contributed by atoms with Crippen LogP contribution in [0.3, 0.4) is 0 Å². The molecule has 1 aliphatic carbocycles. The van der Waals surface area contributed by atoms with Crippen molar-refractivity contribution in [1.82, 2.24) is 10.2 Å². The second-order valence-electron chi connectivity index (χ2n) is 5.09. The molecule has 1 unspecified atom stereocenters. The number of piperidine rings is 1. The number of rotatable bonds is 1. The molecule has 1 atom stereocenters. The predicted octanol–water partition coefficient (Wildman–Crippen LogP) is 1.25. The Kier molecular flexibility index (Phi) is 2.89. The first-order valence-electron chi connectivity index (χ1n) is 6.57. The molecular formula is C13H17N3O2. The maximum absolute atomic E-state index is 12.1. The Morgan fingerprint density at radius 3 is 2.39 bits per heavy atom. The van der Waals surface area contributed by atoms with Crippen molar-refractivity contribution in [2.45, 2.75) is 38.1 Å². The van der Waals surface area contributed by atoms with Crippen LogP contribution in [0.4, 0.5) is 4.79 Å². The normalized spacial score (nSPS) is 27.2. The minimum absolute atomic E-state index is 0.0257. The number of amides is 3. The number of carbonyl (C=O) groups excluding carboxylic acids is 2. The number of allylic oxidation sites excluding steroid dienone is 1. The Labute approximate surface area is 106 Å². The number of likely N-dealkylation sites (tertiary alicyclic amines) is 1. The van der Waals surface area contributed by atoms with E-state index in [-0.39, 0.29) is 5.91 Å². The van der Waals surface area contributed by atoms with Crippen LogP contribution in [0.15, 0.2) is 16.1 Å². The van der Waals surface area contributed by atoms with Crippen molar-refractivity contribution < 1.29 is 9.59 Å². The third-order valence-corrected chi connectivity index (χ3v) is 4.02. The summed E-state index contributed by atoms with van der Waals surface area (Å²) in [5.41, 5.74) is 3.19. The van der Waals surface area contributed by atoms with E-state index in [0.717, 1.165) is 25.9 Å². The first-order valence-corrected chi connectivity index (χ1v) is 6.57. The van der Waals surface area contributed by atoms with E-state index in [2.05, 4.69) is 10.3 Å². The van der Waals surface area contributed by atoms with Gasteiger partial charge >= 0.3 is 6.03 Å². The zero-order chi connectivity index (χ0) is 12.5. The summed E-state index contributed by atoms with van der Waals surface area (Å²) in [7, 11) is 0. The Balaban J connectivity index is 1.58. The summed E-state index contributed by atoms with van der Waals surface area (Å²) in [6.45, 7) is 1.55. The summed E-state index contributed by atoms with van der Waals surface area (Å²) in [5.74, 6) is -0.0257. The molecule has 0 radical (unpaired) electrons. The van der Waals surface area contributed by atoms with Gasteiger partial charge in [0.2, 0.25) is 0 Å². The number of carbonyl (C=O) groups is 2. The van der Waals surface area contributed by atoms with Gasteiger partial charge in [-0.3, -0.25) is 4.79 Å². The molecule has 2 aliphatic heterocycles. The van der Waals surface area contributed by atoms with Crippen molar-refractivity contribution in [3.05, 3.63) is 11.1 Å². The summed E-state index contributed by atoms with van der Waals surface area (Å²) in [6.07, 6.45) is 7.25. The van der Waals surface area contributed by atoms with Crippen LogP contribution in [0, 0.1) is 0 Å². The molecule has 18 heavy (non-hydrogen) atoms. The molecule has 0 aromatic carbocycles. The number of nitrogens with zero attached hydrogens (tertiary/aromatic N) is 2. The summed E-state index contributed by atoms with van der Waals surface area (Å²) in [5, 5.41) is 2.54. The van der Waals surface area contributed by atoms with E-state index in [1.807, 2.05) is 4.90 Å². The molecule has 96 valence electrons. The summed E-state index contributed by atoms with van der Waals surface area (Å²) < 4.78 is 0. The molecule has 1 saturated carbocycles. The van der Waals surface area contributed by atoms with Crippen LogP contribution in [0.1, 0.15) is 32.1 Å². The Morgan fingerprint density at radius 1 is 1.22 bits per heavy atom. The van der Waals surface area contributed by atoms with Gasteiger partial charge in [0.15, 0.2) is 0 Å². The second-order valence-corrected chi connectivity index (χ2v) is 5.09. The van der Waals surface area contributed by atoms with Gasteiger partial charge in [-0.2, -0.15) is 0 Å². The van der Waals surface area contributed by atoms with Crippen LogP contribution in [0.2, 0.25) is 0 Å². The van der Waals surface area contributed by atoms with Gasteiger partial charge in [-0.25, -0.2) is 9.79 Å². The van der Waals surface area contributed by atoms with Crippen LogP contribution < -0.4 is 5.32 Å². The zero-order valence-corrected chi connectivity index (χ0v) is 10.3. The van der Waals surface area contributed by atoms with Crippen LogP contribution in [-0.2, 0) is 4.79 Å². The fraction of sp³-hybridized carbons (Fsp3) is 0.615. The highest BCUT2D eigenvalue weighted by atomic mass is 16.2. The molecule has 1 saturated heterocycles. The van der Waals surface area contributed by atoms with Gasteiger partial charge in [0, 0.05) is 19.3 Å². The van der Waals surface area contributed by atoms with Gasteiger partial charge < -0.3 is 10.2 Å². The zero-order valence-electron chi connectivity index (χ0n) is 10.3. The van der Waals surface area contributed by atoms with E-state index in [0.29, 0.717) is 0 Å². The molecule has 1 N–H and O–H groups in total. The van der Waals surface area contributed by atoms with Crippen LogP contribution >= 0.6 is 0 Å². The average Bonchev–Trinajstić information content (AvgIpc) is 2.74. The first-order chi connectivity index (χ1) is 8.74. The molecule has 3 amide bonds. The highest BCUT2D eigenvalue weighted by molar-refractivity contribution is 6.07. The van der Waals surface area contributed by atoms with Crippen molar-refractivity contribution in [3.8, 4) is 0 Å². The molecule has 2 fully saturated rings. The first kappa shape index (κ1) is 11.4. The standard InChI is InChI=1S/C13H17N3O2/c17-12(11-8-14-13(18)15-11)16-6-4-10(5-7-16)9-2-1-3-9/h8,11H,1-7H2,(H,15,18). The van der Waals surface area contributed by atoms with E-state index >= 15 is 0 Å². The number of urea groups is 1. The summed E-state index contributed by atoms with van der Waals surface area (Å²) in [4.78, 5) is 28.5. The van der Waals surface area contributed by atoms with Crippen LogP contribution in [-0.4, -0.2) is 42.2 Å². The van der Waals surface area contributed by atoms with Crippen LogP contribution in [0.25, 0.3) is 0 Å². The third-order valence-electron chi connectivity index (χ3n) is 4.02. The minimum atomic E-state index is -0.546. The fourth-order valence-electron chi connectivity index (χ4n) is 2.73. The lowest BCUT2D eigenvalue weighted by molar-refractivity contribution is -0.131. The second kappa shape index (κ2) is 4.55. The van der Waals surface area contributed by atoms with Crippen molar-refractivity contribution in [3.63, 3.8) is 0 Å². The number of hydrogen-bond donors (Lipinski definition) is 1. The molecule has 0 spiro atoms. The monoisotopic (exact) mass is 247 g/mol. The van der Waals surface area contributed by atoms with Gasteiger partial charge in [0.25, 0.3) is 5.91 Å². The fourth-order valence-corrected chi connectivity index (χ4v) is 2.73. The molecule has 5 nitrogen and oxygen atoms in total. The van der Waals surface area contributed by atoms with Gasteiger partial charge in [0.1, 0.15) is 6.04 Å². The van der Waals surface area contributed by atoms with E-state index in [9.17, 15) is 9.59 Å². The van der Waals surface area contributed by atoms with Gasteiger partial charge in [-0.1, -0.05) is 11.1 Å². The molecule has 2 heterocycles. The highest BCUT2D eigenvalue weighted by Gasteiger charge is 2.30. The molecule has 3 aliphatic rings. The Morgan fingerprint density at radius 2 is 1.89 bits per heavy atom. The summed E-state index contributed by atoms with van der Waals surface area (Å²) >= 11 is 0. The van der Waals surface area contributed by atoms with E-state index in [4.69, 9.17) is 0 Å². The van der Waals surface area contributed by atoms with Gasteiger partial charge in [0.05, 0.1) is 0 Å². The maximum atomic E-state index is 12.1. The summed E-state index contributed by atoms with van der Waals surface area (Å²) in [6, 6.07) is -0.960. The van der Waals surface area contributed by atoms with E-state index < -0.39 is 12.1 Å². The van der Waals surface area contributed by atoms with Crippen molar-refractivity contribution in [1.29, 1.82) is 0 Å². The average molecular weight is 247 g/mol. The van der Waals surface area contributed by atoms with Crippen LogP contribution in [0.5, 0.6) is 0 Å². The van der Waals surface area contributed by atoms with Crippen molar-refractivity contribution >= 4 is 18.2 Å². The highest BCUT2D eigenvalue weighted by Crippen LogP contribution is 2.33. The molecular weight excluding hydrogens is 230 g/mol. The topological polar surface area (TPSA) is 61.8 Å². The van der Waals surface area contributed by atoms with E-state index in [1.165, 1.54) is 25.5 Å². The van der Waals surface area contributed by atoms with Gasteiger partial charge in [-0.05, 0) is 32.1 Å². The van der Waals surface area contributed by atoms with Gasteiger partial charge in [-0.15, -0.1) is 0 Å².